The molecule has 1 aromatic carbocycles. The summed E-state index contributed by atoms with van der Waals surface area (Å²) in [5.41, 5.74) is 1.53. The molecule has 0 saturated carbocycles. The number of rotatable bonds is 7. The number of benzene rings is 1. The molecule has 0 unspecified atom stereocenters. The van der Waals surface area contributed by atoms with Crippen LogP contribution in [0.4, 0.5) is 11.4 Å². The van der Waals surface area contributed by atoms with Crippen LogP contribution in [0.3, 0.4) is 0 Å². The molecule has 18 heavy (non-hydrogen) atoms. The summed E-state index contributed by atoms with van der Waals surface area (Å²) in [4.78, 5) is 5.47. The molecular formula is C14H21ClN3+. The summed E-state index contributed by atoms with van der Waals surface area (Å²) in [5.74, 6) is 0. The minimum absolute atomic E-state index is 0.495. The van der Waals surface area contributed by atoms with Gasteiger partial charge < -0.3 is 4.90 Å². The first-order valence-corrected chi connectivity index (χ1v) is 7.00. The zero-order valence-corrected chi connectivity index (χ0v) is 12.0. The summed E-state index contributed by atoms with van der Waals surface area (Å²) in [6.45, 7) is 6.42. The monoisotopic (exact) mass is 266 g/mol. The van der Waals surface area contributed by atoms with E-state index in [0.29, 0.717) is 10.7 Å². The predicted molar refractivity (Wildman–Crippen MR) is 78.2 cm³/mol. The van der Waals surface area contributed by atoms with Crippen LogP contribution in [0.15, 0.2) is 18.2 Å². The van der Waals surface area contributed by atoms with Crippen molar-refractivity contribution in [2.45, 2.75) is 39.5 Å². The molecule has 0 radical (unpaired) electrons. The van der Waals surface area contributed by atoms with Gasteiger partial charge in [-0.3, -0.25) is 0 Å². The van der Waals surface area contributed by atoms with Crippen molar-refractivity contribution in [2.75, 3.05) is 18.0 Å². The summed E-state index contributed by atoms with van der Waals surface area (Å²) in [6.07, 6.45) is 4.66. The third-order valence-corrected chi connectivity index (χ3v) is 3.25. The molecule has 0 N–H and O–H groups in total. The second kappa shape index (κ2) is 7.94. The third-order valence-electron chi connectivity index (χ3n) is 2.95. The van der Waals surface area contributed by atoms with Crippen LogP contribution >= 0.6 is 11.6 Å². The van der Waals surface area contributed by atoms with Crippen LogP contribution in [-0.4, -0.2) is 13.1 Å². The summed E-state index contributed by atoms with van der Waals surface area (Å²) >= 11 is 6.25. The molecule has 1 rings (SSSR count). The van der Waals surface area contributed by atoms with Crippen LogP contribution in [-0.2, 0) is 0 Å². The predicted octanol–water partition coefficient (Wildman–Crippen LogP) is 5.23. The molecule has 0 fully saturated rings. The van der Waals surface area contributed by atoms with Crippen LogP contribution < -0.4 is 4.90 Å². The molecule has 4 heteroatoms. The van der Waals surface area contributed by atoms with Crippen molar-refractivity contribution >= 4 is 23.0 Å². The fourth-order valence-corrected chi connectivity index (χ4v) is 2.16. The van der Waals surface area contributed by atoms with Gasteiger partial charge in [-0.2, -0.15) is 0 Å². The molecule has 0 atom stereocenters. The van der Waals surface area contributed by atoms with Gasteiger partial charge in [-0.25, -0.2) is 0 Å². The summed E-state index contributed by atoms with van der Waals surface area (Å²) in [7, 11) is 0. The van der Waals surface area contributed by atoms with Gasteiger partial charge in [0.05, 0.1) is 16.8 Å². The SMILES string of the molecule is CCCCN(CCCC)c1ccc([N+]#N)cc1Cl. The Kier molecular flexibility index (Phi) is 6.53. The number of unbranched alkanes of at least 4 members (excludes halogenated alkanes) is 2. The van der Waals surface area contributed by atoms with E-state index in [-0.39, 0.29) is 0 Å². The highest BCUT2D eigenvalue weighted by Crippen LogP contribution is 2.30. The van der Waals surface area contributed by atoms with Gasteiger partial charge in [0.1, 0.15) is 0 Å². The Morgan fingerprint density at radius 1 is 1.17 bits per heavy atom. The third kappa shape index (κ3) is 4.19. The Morgan fingerprint density at radius 2 is 1.78 bits per heavy atom. The van der Waals surface area contributed by atoms with Crippen molar-refractivity contribution in [2.24, 2.45) is 0 Å². The minimum atomic E-state index is 0.495. The number of anilines is 1. The standard InChI is InChI=1S/C14H21ClN3/c1-3-5-9-18(10-6-4-2)14-8-7-12(17-16)11-13(14)15/h7-8,11H,3-6,9-10H2,1-2H3/q+1. The molecule has 0 heterocycles. The summed E-state index contributed by atoms with van der Waals surface area (Å²) in [6, 6.07) is 5.41. The van der Waals surface area contributed by atoms with Crippen LogP contribution in [0.5, 0.6) is 0 Å². The first-order chi connectivity index (χ1) is 8.72. The maximum Gasteiger partial charge on any atom is 0.386 e. The second-order valence-corrected chi connectivity index (χ2v) is 4.84. The number of diazo groups is 1. The van der Waals surface area contributed by atoms with Crippen molar-refractivity contribution in [1.82, 2.24) is 0 Å². The van der Waals surface area contributed by atoms with Gasteiger partial charge in [-0.15, -0.1) is 0 Å². The number of nitrogens with zero attached hydrogens (tertiary/aromatic N) is 3. The molecular weight excluding hydrogens is 246 g/mol. The molecule has 0 aromatic heterocycles. The number of halogens is 1. The van der Waals surface area contributed by atoms with Crippen LogP contribution in [0, 0.1) is 5.39 Å². The highest BCUT2D eigenvalue weighted by atomic mass is 35.5. The van der Waals surface area contributed by atoms with E-state index >= 15 is 0 Å². The number of hydrogen-bond acceptors (Lipinski definition) is 2. The lowest BCUT2D eigenvalue weighted by Gasteiger charge is -2.25. The van der Waals surface area contributed by atoms with E-state index in [1.807, 2.05) is 6.07 Å². The molecule has 0 bridgehead atoms. The molecule has 0 spiro atoms. The highest BCUT2D eigenvalue weighted by molar-refractivity contribution is 6.33. The lowest BCUT2D eigenvalue weighted by molar-refractivity contribution is 0.678. The largest absolute Gasteiger partial charge is 0.386 e. The maximum atomic E-state index is 8.73. The number of hydrogen-bond donors (Lipinski definition) is 0. The maximum absolute atomic E-state index is 8.73. The van der Waals surface area contributed by atoms with Crippen molar-refractivity contribution in [1.29, 1.82) is 5.39 Å². The van der Waals surface area contributed by atoms with Crippen molar-refractivity contribution in [3.8, 4) is 0 Å². The minimum Gasteiger partial charge on any atom is -0.370 e. The van der Waals surface area contributed by atoms with Crippen LogP contribution in [0.25, 0.3) is 4.98 Å². The average molecular weight is 267 g/mol. The van der Waals surface area contributed by atoms with E-state index < -0.39 is 0 Å². The van der Waals surface area contributed by atoms with E-state index in [2.05, 4.69) is 23.7 Å². The average Bonchev–Trinajstić information content (AvgIpc) is 2.39. The highest BCUT2D eigenvalue weighted by Gasteiger charge is 2.13. The van der Waals surface area contributed by atoms with Gasteiger partial charge in [0.25, 0.3) is 0 Å². The lowest BCUT2D eigenvalue weighted by Crippen LogP contribution is -2.25. The fraction of sp³-hybridized carbons (Fsp3) is 0.571. The zero-order chi connectivity index (χ0) is 13.4. The first kappa shape index (κ1) is 14.8. The fourth-order valence-electron chi connectivity index (χ4n) is 1.87. The van der Waals surface area contributed by atoms with Gasteiger partial charge in [0.2, 0.25) is 5.39 Å². The zero-order valence-electron chi connectivity index (χ0n) is 11.2. The molecule has 0 saturated heterocycles. The van der Waals surface area contributed by atoms with Gasteiger partial charge in [-0.05, 0) is 18.9 Å². The van der Waals surface area contributed by atoms with Crippen molar-refractivity contribution in [3.63, 3.8) is 0 Å². The molecule has 0 amide bonds. The molecule has 0 aliphatic heterocycles. The van der Waals surface area contributed by atoms with E-state index in [1.165, 1.54) is 12.8 Å². The van der Waals surface area contributed by atoms with E-state index in [4.69, 9.17) is 17.0 Å². The van der Waals surface area contributed by atoms with E-state index in [9.17, 15) is 0 Å². The Hall–Kier alpha value is -1.27. The quantitative estimate of drug-likeness (QED) is 0.633. The Balaban J connectivity index is 2.86. The van der Waals surface area contributed by atoms with Crippen molar-refractivity contribution < 1.29 is 0 Å². The normalized spacial score (nSPS) is 10.1. The molecule has 98 valence electrons. The Labute approximate surface area is 114 Å². The molecule has 0 aliphatic carbocycles. The van der Waals surface area contributed by atoms with Gasteiger partial charge in [-0.1, -0.05) is 38.3 Å². The van der Waals surface area contributed by atoms with Gasteiger partial charge in [0.15, 0.2) is 4.98 Å². The first-order valence-electron chi connectivity index (χ1n) is 6.62. The molecule has 0 aliphatic rings. The topological polar surface area (TPSA) is 31.4 Å². The smallest absolute Gasteiger partial charge is 0.370 e. The van der Waals surface area contributed by atoms with Gasteiger partial charge in [0, 0.05) is 19.2 Å². The molecule has 1 aromatic rings. The van der Waals surface area contributed by atoms with Gasteiger partial charge >= 0.3 is 5.69 Å². The molecule has 3 nitrogen and oxygen atoms in total. The summed E-state index contributed by atoms with van der Waals surface area (Å²) < 4.78 is 0. The Bertz CT molecular complexity index is 404. The Morgan fingerprint density at radius 3 is 2.22 bits per heavy atom. The van der Waals surface area contributed by atoms with Crippen LogP contribution in [0.2, 0.25) is 5.02 Å². The lowest BCUT2D eigenvalue weighted by atomic mass is 10.2. The van der Waals surface area contributed by atoms with E-state index in [1.54, 1.807) is 12.1 Å². The second-order valence-electron chi connectivity index (χ2n) is 4.43. The van der Waals surface area contributed by atoms with E-state index in [0.717, 1.165) is 31.6 Å². The summed E-state index contributed by atoms with van der Waals surface area (Å²) in [5, 5.41) is 9.38. The van der Waals surface area contributed by atoms with Crippen molar-refractivity contribution in [3.05, 3.63) is 28.2 Å². The van der Waals surface area contributed by atoms with Crippen LogP contribution in [0.1, 0.15) is 39.5 Å².